The summed E-state index contributed by atoms with van der Waals surface area (Å²) >= 11 is 3.52. The summed E-state index contributed by atoms with van der Waals surface area (Å²) in [6.07, 6.45) is 1.83. The van der Waals surface area contributed by atoms with Crippen molar-refractivity contribution in [3.8, 4) is 0 Å². The number of aliphatic hydroxyl groups excluding tert-OH is 1. The van der Waals surface area contributed by atoms with Crippen molar-refractivity contribution in [3.63, 3.8) is 0 Å². The molecule has 66 valence electrons. The number of thiol groups is 1. The molecular formula is C10H14OS. The molecule has 0 radical (unpaired) electrons. The summed E-state index contributed by atoms with van der Waals surface area (Å²) < 4.78 is 0. The van der Waals surface area contributed by atoms with Gasteiger partial charge >= 0.3 is 0 Å². The fourth-order valence-electron chi connectivity index (χ4n) is 0.589. The third-order valence-electron chi connectivity index (χ3n) is 1.04. The fraction of sp³-hybridized carbons (Fsp3) is 0.200. The van der Waals surface area contributed by atoms with Crippen LogP contribution in [-0.2, 0) is 0 Å². The molecule has 0 aliphatic carbocycles. The highest BCUT2D eigenvalue weighted by atomic mass is 32.1. The van der Waals surface area contributed by atoms with Gasteiger partial charge in [-0.1, -0.05) is 43.0 Å². The second kappa shape index (κ2) is 6.95. The van der Waals surface area contributed by atoms with E-state index < -0.39 is 5.44 Å². The lowest BCUT2D eigenvalue weighted by atomic mass is 10.2. The van der Waals surface area contributed by atoms with Crippen molar-refractivity contribution in [2.75, 3.05) is 0 Å². The highest BCUT2D eigenvalue weighted by molar-refractivity contribution is 7.80. The van der Waals surface area contributed by atoms with Crippen LogP contribution in [0.5, 0.6) is 0 Å². The van der Waals surface area contributed by atoms with Gasteiger partial charge in [0.1, 0.15) is 0 Å². The molecule has 1 N–H and O–H groups in total. The Kier molecular flexibility index (Phi) is 6.53. The van der Waals surface area contributed by atoms with Crippen LogP contribution in [0.1, 0.15) is 12.5 Å². The summed E-state index contributed by atoms with van der Waals surface area (Å²) in [6.45, 7) is 5.22. The van der Waals surface area contributed by atoms with Crippen molar-refractivity contribution >= 4 is 18.7 Å². The zero-order chi connectivity index (χ0) is 9.40. The SMILES string of the molecule is C=Cc1ccccc1.CC(O)S. The molecule has 0 aromatic heterocycles. The van der Waals surface area contributed by atoms with Crippen LogP contribution in [0.4, 0.5) is 0 Å². The normalized spacial score (nSPS) is 10.9. The lowest BCUT2D eigenvalue weighted by Gasteiger charge is -1.85. The van der Waals surface area contributed by atoms with Gasteiger partial charge in [0.25, 0.3) is 0 Å². The van der Waals surface area contributed by atoms with Gasteiger partial charge in [-0.25, -0.2) is 0 Å². The maximum Gasteiger partial charge on any atom is 0.0936 e. The Balaban J connectivity index is 0.000000261. The standard InChI is InChI=1S/C8H8.C2H6OS/c1-2-8-6-4-3-5-7-8;1-2(3)4/h2-7H,1H2;2-4H,1H3. The van der Waals surface area contributed by atoms with Crippen molar-refractivity contribution in [2.45, 2.75) is 12.4 Å². The Morgan fingerprint density at radius 1 is 1.42 bits per heavy atom. The molecule has 0 bridgehead atoms. The summed E-state index contributed by atoms with van der Waals surface area (Å²) in [6, 6.07) is 10.0. The Labute approximate surface area is 79.2 Å². The minimum atomic E-state index is -0.472. The molecule has 0 heterocycles. The van der Waals surface area contributed by atoms with Crippen molar-refractivity contribution in [1.29, 1.82) is 0 Å². The van der Waals surface area contributed by atoms with E-state index in [1.165, 1.54) is 5.56 Å². The van der Waals surface area contributed by atoms with Crippen molar-refractivity contribution in [2.24, 2.45) is 0 Å². The summed E-state index contributed by atoms with van der Waals surface area (Å²) in [7, 11) is 0. The summed E-state index contributed by atoms with van der Waals surface area (Å²) in [5, 5.41) is 7.92. The minimum Gasteiger partial charge on any atom is -0.383 e. The molecular weight excluding hydrogens is 168 g/mol. The van der Waals surface area contributed by atoms with E-state index in [9.17, 15) is 0 Å². The first-order chi connectivity index (χ1) is 5.66. The van der Waals surface area contributed by atoms with E-state index in [1.807, 2.05) is 36.4 Å². The largest absolute Gasteiger partial charge is 0.383 e. The van der Waals surface area contributed by atoms with Crippen LogP contribution in [0.3, 0.4) is 0 Å². The van der Waals surface area contributed by atoms with Crippen molar-refractivity contribution in [1.82, 2.24) is 0 Å². The first-order valence-electron chi connectivity index (χ1n) is 3.70. The summed E-state index contributed by atoms with van der Waals surface area (Å²) in [4.78, 5) is 0. The predicted octanol–water partition coefficient (Wildman–Crippen LogP) is 2.58. The first-order valence-corrected chi connectivity index (χ1v) is 4.22. The van der Waals surface area contributed by atoms with Crippen LogP contribution in [0.2, 0.25) is 0 Å². The third-order valence-corrected chi connectivity index (χ3v) is 1.04. The molecule has 0 spiro atoms. The molecule has 0 aliphatic heterocycles. The van der Waals surface area contributed by atoms with Gasteiger partial charge in [-0.2, -0.15) is 0 Å². The summed E-state index contributed by atoms with van der Waals surface area (Å²) in [5.41, 5.74) is 0.701. The van der Waals surface area contributed by atoms with Gasteiger partial charge in [-0.3, -0.25) is 0 Å². The van der Waals surface area contributed by atoms with Gasteiger partial charge < -0.3 is 5.11 Å². The number of hydrogen-bond acceptors (Lipinski definition) is 2. The summed E-state index contributed by atoms with van der Waals surface area (Å²) in [5.74, 6) is 0. The third kappa shape index (κ3) is 7.38. The Morgan fingerprint density at radius 2 is 1.83 bits per heavy atom. The topological polar surface area (TPSA) is 20.2 Å². The molecule has 12 heavy (non-hydrogen) atoms. The van der Waals surface area contributed by atoms with Gasteiger partial charge in [0.15, 0.2) is 0 Å². The molecule has 0 aliphatic rings. The van der Waals surface area contributed by atoms with Crippen molar-refractivity contribution in [3.05, 3.63) is 42.5 Å². The molecule has 1 aromatic rings. The van der Waals surface area contributed by atoms with Crippen LogP contribution >= 0.6 is 12.6 Å². The number of rotatable bonds is 1. The zero-order valence-corrected chi connectivity index (χ0v) is 8.04. The zero-order valence-electron chi connectivity index (χ0n) is 7.14. The maximum atomic E-state index is 7.92. The van der Waals surface area contributed by atoms with Crippen LogP contribution < -0.4 is 0 Å². The average Bonchev–Trinajstić information content (AvgIpc) is 2.05. The van der Waals surface area contributed by atoms with E-state index in [2.05, 4.69) is 19.2 Å². The van der Waals surface area contributed by atoms with Crippen LogP contribution in [0, 0.1) is 0 Å². The maximum absolute atomic E-state index is 7.92. The van der Waals surface area contributed by atoms with Gasteiger partial charge in [0.05, 0.1) is 5.44 Å². The second-order valence-corrected chi connectivity index (χ2v) is 2.99. The molecule has 2 heteroatoms. The number of aliphatic hydroxyl groups is 1. The van der Waals surface area contributed by atoms with Gasteiger partial charge in [0, 0.05) is 0 Å². The van der Waals surface area contributed by atoms with E-state index in [0.717, 1.165) is 0 Å². The fourth-order valence-corrected chi connectivity index (χ4v) is 0.589. The monoisotopic (exact) mass is 182 g/mol. The first kappa shape index (κ1) is 11.3. The van der Waals surface area contributed by atoms with Crippen LogP contribution in [-0.4, -0.2) is 10.5 Å². The minimum absolute atomic E-state index is 0.472. The Bertz CT molecular complexity index is 204. The average molecular weight is 182 g/mol. The molecule has 0 amide bonds. The van der Waals surface area contributed by atoms with E-state index >= 15 is 0 Å². The van der Waals surface area contributed by atoms with E-state index in [-0.39, 0.29) is 0 Å². The van der Waals surface area contributed by atoms with Crippen LogP contribution in [0.25, 0.3) is 6.08 Å². The Hall–Kier alpha value is -0.730. The molecule has 1 rings (SSSR count). The molecule has 0 saturated heterocycles. The Morgan fingerprint density at radius 3 is 2.08 bits per heavy atom. The molecule has 1 atom stereocenters. The van der Waals surface area contributed by atoms with E-state index in [4.69, 9.17) is 5.11 Å². The lowest BCUT2D eigenvalue weighted by Crippen LogP contribution is -1.79. The van der Waals surface area contributed by atoms with E-state index in [0.29, 0.717) is 0 Å². The van der Waals surface area contributed by atoms with Gasteiger partial charge in [-0.15, -0.1) is 12.6 Å². The lowest BCUT2D eigenvalue weighted by molar-refractivity contribution is 0.286. The van der Waals surface area contributed by atoms with E-state index in [1.54, 1.807) is 6.92 Å². The highest BCUT2D eigenvalue weighted by Gasteiger charge is 1.75. The second-order valence-electron chi connectivity index (χ2n) is 2.25. The molecule has 0 fully saturated rings. The van der Waals surface area contributed by atoms with Crippen LogP contribution in [0.15, 0.2) is 36.9 Å². The predicted molar refractivity (Wildman–Crippen MR) is 57.2 cm³/mol. The smallest absolute Gasteiger partial charge is 0.0936 e. The van der Waals surface area contributed by atoms with Gasteiger partial charge in [-0.05, 0) is 12.5 Å². The quantitative estimate of drug-likeness (QED) is 0.505. The number of hydrogen-bond donors (Lipinski definition) is 2. The highest BCUT2D eigenvalue weighted by Crippen LogP contribution is 1.97. The van der Waals surface area contributed by atoms with Crippen molar-refractivity contribution < 1.29 is 5.11 Å². The molecule has 1 nitrogen and oxygen atoms in total. The molecule has 0 saturated carbocycles. The molecule has 1 aromatic carbocycles. The van der Waals surface area contributed by atoms with Gasteiger partial charge in [0.2, 0.25) is 0 Å². The molecule has 1 unspecified atom stereocenters. The number of benzene rings is 1.